The van der Waals surface area contributed by atoms with Crippen molar-refractivity contribution in [3.63, 3.8) is 0 Å². The molecule has 308 valence electrons. The zero-order valence-corrected chi connectivity index (χ0v) is 36.1. The maximum Gasteiger partial charge on any atom is 0.224 e. The highest BCUT2D eigenvalue weighted by Gasteiger charge is 2.34. The predicted molar refractivity (Wildman–Crippen MR) is 237 cm³/mol. The van der Waals surface area contributed by atoms with Crippen LogP contribution in [-0.4, -0.2) is 79.1 Å². The highest BCUT2D eigenvalue weighted by Crippen LogP contribution is 2.40. The fraction of sp³-hybridized carbons (Fsp3) is 0.500. The van der Waals surface area contributed by atoms with Crippen molar-refractivity contribution in [2.24, 2.45) is 4.99 Å². The molecule has 0 saturated heterocycles. The Bertz CT molecular complexity index is 1890. The SMILES string of the molecule is CCCC(C)N(C)Cc1c(C=O)cccc1NC(=O)CCCCCCCNCCCNC(=O)C[C@@H]1N=C(c2ccc(Cl)cc2)c2c(sc(C)c2C)N(C(C)=N)C1=N. The van der Waals surface area contributed by atoms with Gasteiger partial charge in [-0.3, -0.25) is 40.0 Å². The Morgan fingerprint density at radius 1 is 1.02 bits per heavy atom. The molecule has 0 saturated carbocycles. The number of carbonyl (C=O) groups is 3. The van der Waals surface area contributed by atoms with Crippen LogP contribution in [0.2, 0.25) is 5.02 Å². The van der Waals surface area contributed by atoms with Crippen LogP contribution in [0.25, 0.3) is 0 Å². The average molecular weight is 818 g/mol. The van der Waals surface area contributed by atoms with E-state index in [9.17, 15) is 14.4 Å². The summed E-state index contributed by atoms with van der Waals surface area (Å²) in [5, 5.41) is 28.5. The minimum absolute atomic E-state index is 0.00617. The summed E-state index contributed by atoms with van der Waals surface area (Å²) in [6.07, 6.45) is 9.21. The highest BCUT2D eigenvalue weighted by atomic mass is 35.5. The van der Waals surface area contributed by atoms with Gasteiger partial charge in [0.25, 0.3) is 0 Å². The number of amides is 2. The number of halogens is 1. The molecule has 11 nitrogen and oxygen atoms in total. The van der Waals surface area contributed by atoms with Crippen LogP contribution in [0.1, 0.15) is 122 Å². The van der Waals surface area contributed by atoms with Crippen LogP contribution in [0.15, 0.2) is 47.5 Å². The minimum Gasteiger partial charge on any atom is -0.356 e. The molecule has 2 amide bonds. The van der Waals surface area contributed by atoms with Crippen LogP contribution in [0, 0.1) is 24.7 Å². The van der Waals surface area contributed by atoms with E-state index in [1.54, 1.807) is 17.9 Å². The standard InChI is InChI=1S/C44H61ClN8O3S/c1-7-15-29(2)52(6)27-36-34(28-54)16-13-17-37(36)50-39(55)18-11-9-8-10-12-23-48-24-14-25-49-40(56)26-38-43(47)53(32(5)46)44-41(30(3)31(4)57-44)42(51-38)33-19-21-35(45)22-20-33/h13,16-17,19-22,28-29,38,46-48H,7-12,14-15,18,23-27H2,1-6H3,(H,49,56)(H,50,55)/t29?,38-/m0/s1. The molecule has 1 aromatic heterocycles. The van der Waals surface area contributed by atoms with Crippen LogP contribution < -0.4 is 20.9 Å². The first-order valence-corrected chi connectivity index (χ1v) is 21.5. The summed E-state index contributed by atoms with van der Waals surface area (Å²) in [4.78, 5) is 47.7. The van der Waals surface area contributed by atoms with Gasteiger partial charge in [0.2, 0.25) is 11.8 Å². The van der Waals surface area contributed by atoms with Crippen molar-refractivity contribution < 1.29 is 14.4 Å². The fourth-order valence-corrected chi connectivity index (χ4v) is 8.38. The lowest BCUT2D eigenvalue weighted by atomic mass is 9.99. The van der Waals surface area contributed by atoms with Gasteiger partial charge in [0.05, 0.1) is 12.1 Å². The van der Waals surface area contributed by atoms with E-state index in [0.29, 0.717) is 41.8 Å². The van der Waals surface area contributed by atoms with Crippen LogP contribution >= 0.6 is 22.9 Å². The zero-order valence-electron chi connectivity index (χ0n) is 34.5. The van der Waals surface area contributed by atoms with Gasteiger partial charge >= 0.3 is 0 Å². The van der Waals surface area contributed by atoms with Gasteiger partial charge in [0.1, 0.15) is 29.0 Å². The minimum atomic E-state index is -0.757. The molecule has 1 unspecified atom stereocenters. The van der Waals surface area contributed by atoms with Crippen molar-refractivity contribution in [3.05, 3.63) is 80.2 Å². The van der Waals surface area contributed by atoms with Crippen molar-refractivity contribution in [2.75, 3.05) is 36.9 Å². The molecular formula is C44H61ClN8O3S. The van der Waals surface area contributed by atoms with Crippen molar-refractivity contribution in [2.45, 2.75) is 117 Å². The number of fused-ring (bicyclic) bond motifs is 1. The number of hydrogen-bond donors (Lipinski definition) is 5. The second-order valence-corrected chi connectivity index (χ2v) is 16.7. The summed E-state index contributed by atoms with van der Waals surface area (Å²) in [5.74, 6) is 0.114. The monoisotopic (exact) mass is 816 g/mol. The maximum absolute atomic E-state index is 13.2. The molecule has 4 rings (SSSR count). The molecule has 3 aromatic rings. The van der Waals surface area contributed by atoms with E-state index < -0.39 is 6.04 Å². The molecule has 0 radical (unpaired) electrons. The average Bonchev–Trinajstić information content (AvgIpc) is 3.39. The lowest BCUT2D eigenvalue weighted by molar-refractivity contribution is -0.121. The lowest BCUT2D eigenvalue weighted by Crippen LogP contribution is -2.42. The Balaban J connectivity index is 1.14. The van der Waals surface area contributed by atoms with E-state index in [0.717, 1.165) is 109 Å². The lowest BCUT2D eigenvalue weighted by Gasteiger charge is -2.26. The molecule has 5 N–H and O–H groups in total. The van der Waals surface area contributed by atoms with Gasteiger partial charge < -0.3 is 16.0 Å². The highest BCUT2D eigenvalue weighted by molar-refractivity contribution is 7.17. The normalized spacial score (nSPS) is 14.5. The van der Waals surface area contributed by atoms with Crippen LogP contribution in [0.4, 0.5) is 10.7 Å². The largest absolute Gasteiger partial charge is 0.356 e. The summed E-state index contributed by atoms with van der Waals surface area (Å²) in [7, 11) is 2.06. The third kappa shape index (κ3) is 12.9. The number of nitrogens with one attached hydrogen (secondary N) is 5. The number of unbranched alkanes of at least 4 members (excludes halogenated alkanes) is 4. The third-order valence-corrected chi connectivity index (χ3v) is 12.0. The van der Waals surface area contributed by atoms with Crippen molar-refractivity contribution in [1.82, 2.24) is 15.5 Å². The van der Waals surface area contributed by atoms with Crippen molar-refractivity contribution >= 4 is 69.1 Å². The summed E-state index contributed by atoms with van der Waals surface area (Å²) in [6.45, 7) is 12.9. The van der Waals surface area contributed by atoms with Gasteiger partial charge in [-0.25, -0.2) is 0 Å². The van der Waals surface area contributed by atoms with Gasteiger partial charge in [-0.1, -0.05) is 68.5 Å². The number of rotatable bonds is 22. The quantitative estimate of drug-likeness (QED) is 0.0296. The molecule has 57 heavy (non-hydrogen) atoms. The number of carbonyl (C=O) groups excluding carboxylic acids is 3. The topological polar surface area (TPSA) is 154 Å². The Labute approximate surface area is 348 Å². The third-order valence-electron chi connectivity index (χ3n) is 10.6. The predicted octanol–water partition coefficient (Wildman–Crippen LogP) is 8.92. The van der Waals surface area contributed by atoms with Crippen LogP contribution in [-0.2, 0) is 16.1 Å². The number of amidine groups is 2. The van der Waals surface area contributed by atoms with E-state index in [4.69, 9.17) is 27.4 Å². The van der Waals surface area contributed by atoms with E-state index in [1.165, 1.54) is 11.3 Å². The number of anilines is 2. The second-order valence-electron chi connectivity index (χ2n) is 15.0. The van der Waals surface area contributed by atoms with Crippen LogP contribution in [0.5, 0.6) is 0 Å². The molecule has 1 aliphatic heterocycles. The Morgan fingerprint density at radius 3 is 2.42 bits per heavy atom. The molecular weight excluding hydrogens is 756 g/mol. The summed E-state index contributed by atoms with van der Waals surface area (Å²) >= 11 is 7.73. The van der Waals surface area contributed by atoms with Gasteiger partial charge in [-0.2, -0.15) is 0 Å². The van der Waals surface area contributed by atoms with Gasteiger partial charge in [0.15, 0.2) is 0 Å². The van der Waals surface area contributed by atoms with Gasteiger partial charge in [-0.05, 0) is 97.3 Å². The number of nitrogens with zero attached hydrogens (tertiary/aromatic N) is 3. The molecule has 2 atom stereocenters. The van der Waals surface area contributed by atoms with Crippen LogP contribution in [0.3, 0.4) is 0 Å². The van der Waals surface area contributed by atoms with Crippen molar-refractivity contribution in [1.29, 1.82) is 10.8 Å². The Morgan fingerprint density at radius 2 is 1.72 bits per heavy atom. The molecule has 0 fully saturated rings. The number of aldehydes is 1. The molecule has 0 spiro atoms. The maximum atomic E-state index is 13.2. The number of aryl methyl sites for hydroxylation is 1. The molecule has 1 aliphatic rings. The van der Waals surface area contributed by atoms with Gasteiger partial charge in [0, 0.05) is 63.4 Å². The fourth-order valence-electron chi connectivity index (χ4n) is 7.03. The van der Waals surface area contributed by atoms with Gasteiger partial charge in [-0.15, -0.1) is 11.3 Å². The van der Waals surface area contributed by atoms with E-state index >= 15 is 0 Å². The smallest absolute Gasteiger partial charge is 0.224 e. The van der Waals surface area contributed by atoms with E-state index in [1.807, 2.05) is 50.2 Å². The molecule has 0 aliphatic carbocycles. The number of aliphatic imine (C=N–C) groups is 1. The number of thiophene rings is 1. The summed E-state index contributed by atoms with van der Waals surface area (Å²) in [5.41, 5.74) is 5.68. The number of hydrogen-bond acceptors (Lipinski definition) is 9. The Hall–Kier alpha value is -4.23. The zero-order chi connectivity index (χ0) is 41.5. The molecule has 2 heterocycles. The number of benzene rings is 2. The van der Waals surface area contributed by atoms with Crippen molar-refractivity contribution in [3.8, 4) is 0 Å². The first kappa shape index (κ1) is 45.5. The summed E-state index contributed by atoms with van der Waals surface area (Å²) < 4.78 is 0. The molecule has 0 bridgehead atoms. The molecule has 2 aromatic carbocycles. The molecule has 13 heteroatoms. The Kier molecular flexibility index (Phi) is 18.1. The van der Waals surface area contributed by atoms with E-state index in [-0.39, 0.29) is 29.9 Å². The first-order valence-electron chi connectivity index (χ1n) is 20.3. The second kappa shape index (κ2) is 22.6. The van der Waals surface area contributed by atoms with E-state index in [2.05, 4.69) is 41.7 Å². The summed E-state index contributed by atoms with van der Waals surface area (Å²) in [6, 6.07) is 12.6. The first-order chi connectivity index (χ1) is 27.4.